The Bertz CT molecular complexity index is 791. The normalized spacial score (nSPS) is 12.9. The van der Waals surface area contributed by atoms with Crippen LogP contribution in [-0.4, -0.2) is 19.0 Å². The zero-order valence-electron chi connectivity index (χ0n) is 15.2. The Morgan fingerprint density at radius 3 is 2.81 bits per heavy atom. The molecule has 3 heterocycles. The van der Waals surface area contributed by atoms with Gasteiger partial charge in [-0.3, -0.25) is 4.99 Å². The van der Waals surface area contributed by atoms with Crippen molar-refractivity contribution in [1.29, 1.82) is 0 Å². The average Bonchev–Trinajstić information content (AvgIpc) is 3.37. The van der Waals surface area contributed by atoms with E-state index in [0.717, 1.165) is 49.2 Å². The van der Waals surface area contributed by atoms with Gasteiger partial charge in [0, 0.05) is 30.8 Å². The molecule has 3 rings (SSSR count). The van der Waals surface area contributed by atoms with Crippen LogP contribution in [-0.2, 0) is 12.8 Å². The van der Waals surface area contributed by atoms with Crippen LogP contribution >= 0.6 is 11.3 Å². The molecule has 0 bridgehead atoms. The van der Waals surface area contributed by atoms with E-state index in [1.807, 2.05) is 31.2 Å². The maximum absolute atomic E-state index is 5.71. The topological polar surface area (TPSA) is 62.7 Å². The number of nitrogens with one attached hydrogen (secondary N) is 2. The number of thiophene rings is 1. The van der Waals surface area contributed by atoms with E-state index in [2.05, 4.69) is 35.1 Å². The maximum atomic E-state index is 5.71. The largest absolute Gasteiger partial charge is 0.469 e. The highest BCUT2D eigenvalue weighted by Crippen LogP contribution is 2.15. The smallest absolute Gasteiger partial charge is 0.191 e. The third-order valence-electron chi connectivity index (χ3n) is 3.99. The molecular formula is C20H25N3O2S. The lowest BCUT2D eigenvalue weighted by Crippen LogP contribution is -2.39. The molecule has 1 atom stereocenters. The summed E-state index contributed by atoms with van der Waals surface area (Å²) < 4.78 is 11.1. The summed E-state index contributed by atoms with van der Waals surface area (Å²) >= 11 is 1.77. The highest BCUT2D eigenvalue weighted by Gasteiger charge is 2.11. The molecule has 0 radical (unpaired) electrons. The van der Waals surface area contributed by atoms with Crippen LogP contribution in [0.25, 0.3) is 0 Å². The highest BCUT2D eigenvalue weighted by atomic mass is 32.1. The van der Waals surface area contributed by atoms with Crippen molar-refractivity contribution in [3.8, 4) is 0 Å². The third kappa shape index (κ3) is 5.52. The van der Waals surface area contributed by atoms with Crippen LogP contribution in [0.1, 0.15) is 35.1 Å². The Morgan fingerprint density at radius 2 is 2.12 bits per heavy atom. The second-order valence-electron chi connectivity index (χ2n) is 6.13. The fraction of sp³-hybridized carbons (Fsp3) is 0.350. The van der Waals surface area contributed by atoms with Crippen LogP contribution < -0.4 is 10.6 Å². The molecule has 0 amide bonds. The Morgan fingerprint density at radius 1 is 1.19 bits per heavy atom. The predicted octanol–water partition coefficient (Wildman–Crippen LogP) is 4.32. The second-order valence-corrected chi connectivity index (χ2v) is 7.16. The van der Waals surface area contributed by atoms with Crippen LogP contribution in [0, 0.1) is 6.92 Å². The van der Waals surface area contributed by atoms with Crippen LogP contribution in [0.3, 0.4) is 0 Å². The summed E-state index contributed by atoms with van der Waals surface area (Å²) in [4.78, 5) is 6.06. The number of furan rings is 2. The predicted molar refractivity (Wildman–Crippen MR) is 106 cm³/mol. The van der Waals surface area contributed by atoms with Crippen molar-refractivity contribution in [2.45, 2.75) is 32.7 Å². The molecule has 0 fully saturated rings. The van der Waals surface area contributed by atoms with Gasteiger partial charge in [-0.1, -0.05) is 6.07 Å². The van der Waals surface area contributed by atoms with Gasteiger partial charge >= 0.3 is 0 Å². The van der Waals surface area contributed by atoms with E-state index in [-0.39, 0.29) is 6.04 Å². The number of nitrogens with zero attached hydrogens (tertiary/aromatic N) is 1. The zero-order chi connectivity index (χ0) is 18.2. The Balaban J connectivity index is 1.57. The van der Waals surface area contributed by atoms with Gasteiger partial charge in [-0.25, -0.2) is 0 Å². The summed E-state index contributed by atoms with van der Waals surface area (Å²) in [6.07, 6.45) is 3.45. The molecule has 0 saturated carbocycles. The quantitative estimate of drug-likeness (QED) is 0.457. The van der Waals surface area contributed by atoms with Crippen molar-refractivity contribution in [3.63, 3.8) is 0 Å². The number of aryl methyl sites for hydroxylation is 1. The Labute approximate surface area is 158 Å². The van der Waals surface area contributed by atoms with E-state index in [0.29, 0.717) is 0 Å². The summed E-state index contributed by atoms with van der Waals surface area (Å²) in [6.45, 7) is 5.51. The average molecular weight is 372 g/mol. The molecule has 0 aliphatic carbocycles. The monoisotopic (exact) mass is 371 g/mol. The van der Waals surface area contributed by atoms with E-state index < -0.39 is 0 Å². The van der Waals surface area contributed by atoms with E-state index in [1.54, 1.807) is 17.6 Å². The van der Waals surface area contributed by atoms with Gasteiger partial charge in [0.05, 0.1) is 12.3 Å². The summed E-state index contributed by atoms with van der Waals surface area (Å²) in [5.74, 6) is 3.57. The summed E-state index contributed by atoms with van der Waals surface area (Å²) in [5, 5.41) is 8.91. The fourth-order valence-electron chi connectivity index (χ4n) is 2.61. The first-order chi connectivity index (χ1) is 12.7. The Hall–Kier alpha value is -2.47. The van der Waals surface area contributed by atoms with Gasteiger partial charge in [0.1, 0.15) is 17.3 Å². The fourth-order valence-corrected chi connectivity index (χ4v) is 3.30. The molecule has 2 N–H and O–H groups in total. The molecule has 1 unspecified atom stereocenters. The van der Waals surface area contributed by atoms with E-state index in [1.165, 1.54) is 4.88 Å². The minimum Gasteiger partial charge on any atom is -0.469 e. The van der Waals surface area contributed by atoms with Gasteiger partial charge in [-0.15, -0.1) is 11.3 Å². The lowest BCUT2D eigenvalue weighted by atomic mass is 10.2. The maximum Gasteiger partial charge on any atom is 0.191 e. The van der Waals surface area contributed by atoms with Gasteiger partial charge in [-0.05, 0) is 49.6 Å². The minimum atomic E-state index is 0.0419. The van der Waals surface area contributed by atoms with E-state index >= 15 is 0 Å². The van der Waals surface area contributed by atoms with Crippen molar-refractivity contribution < 1.29 is 8.83 Å². The van der Waals surface area contributed by atoms with Crippen molar-refractivity contribution in [2.75, 3.05) is 13.1 Å². The van der Waals surface area contributed by atoms with Crippen molar-refractivity contribution in [2.24, 2.45) is 4.99 Å². The molecule has 0 aliphatic heterocycles. The van der Waals surface area contributed by atoms with E-state index in [9.17, 15) is 0 Å². The van der Waals surface area contributed by atoms with Gasteiger partial charge < -0.3 is 19.5 Å². The SMILES string of the molecule is Cc1ccc(C(C)NC(=NCCc2cccs2)NCCc2ccco2)o1. The third-order valence-corrected chi connectivity index (χ3v) is 4.93. The molecule has 3 aromatic rings. The number of rotatable bonds is 8. The van der Waals surface area contributed by atoms with Gasteiger partial charge in [0.2, 0.25) is 0 Å². The van der Waals surface area contributed by atoms with E-state index in [4.69, 9.17) is 13.8 Å². The number of guanidine groups is 1. The van der Waals surface area contributed by atoms with Crippen LogP contribution in [0.5, 0.6) is 0 Å². The summed E-state index contributed by atoms with van der Waals surface area (Å²) in [7, 11) is 0. The van der Waals surface area contributed by atoms with Gasteiger partial charge in [0.15, 0.2) is 5.96 Å². The molecule has 0 saturated heterocycles. The number of aliphatic imine (C=N–C) groups is 1. The number of hydrogen-bond donors (Lipinski definition) is 2. The first-order valence-electron chi connectivity index (χ1n) is 8.86. The Kier molecular flexibility index (Phi) is 6.55. The van der Waals surface area contributed by atoms with Crippen molar-refractivity contribution >= 4 is 17.3 Å². The van der Waals surface area contributed by atoms with Crippen LogP contribution in [0.15, 0.2) is 61.9 Å². The molecule has 0 spiro atoms. The number of hydrogen-bond acceptors (Lipinski definition) is 4. The summed E-state index contributed by atoms with van der Waals surface area (Å²) in [5.41, 5.74) is 0. The molecule has 6 heteroatoms. The lowest BCUT2D eigenvalue weighted by molar-refractivity contribution is 0.440. The van der Waals surface area contributed by atoms with Crippen molar-refractivity contribution in [1.82, 2.24) is 10.6 Å². The second kappa shape index (κ2) is 9.29. The standard InChI is InChI=1S/C20H25N3O2S/c1-15-7-8-19(25-15)16(2)23-20(21-11-9-17-5-3-13-24-17)22-12-10-18-6-4-14-26-18/h3-8,13-14,16H,9-12H2,1-2H3,(H2,21,22,23). The molecule has 26 heavy (non-hydrogen) atoms. The van der Waals surface area contributed by atoms with Crippen LogP contribution in [0.4, 0.5) is 0 Å². The van der Waals surface area contributed by atoms with Crippen molar-refractivity contribution in [3.05, 3.63) is 70.2 Å². The molecule has 138 valence electrons. The lowest BCUT2D eigenvalue weighted by Gasteiger charge is -2.16. The molecular weight excluding hydrogens is 346 g/mol. The van der Waals surface area contributed by atoms with Gasteiger partial charge in [-0.2, -0.15) is 0 Å². The molecule has 5 nitrogen and oxygen atoms in total. The molecule has 3 aromatic heterocycles. The molecule has 0 aromatic carbocycles. The minimum absolute atomic E-state index is 0.0419. The first-order valence-corrected chi connectivity index (χ1v) is 9.74. The highest BCUT2D eigenvalue weighted by molar-refractivity contribution is 7.09. The first kappa shape index (κ1) is 18.3. The zero-order valence-corrected chi connectivity index (χ0v) is 16.0. The van der Waals surface area contributed by atoms with Crippen LogP contribution in [0.2, 0.25) is 0 Å². The molecule has 0 aliphatic rings. The summed E-state index contributed by atoms with van der Waals surface area (Å²) in [6, 6.07) is 12.1. The van der Waals surface area contributed by atoms with Gasteiger partial charge in [0.25, 0.3) is 0 Å².